The van der Waals surface area contributed by atoms with E-state index < -0.39 is 28.1 Å². The van der Waals surface area contributed by atoms with Gasteiger partial charge in [-0.2, -0.15) is 4.72 Å². The molecule has 1 aliphatic heterocycles. The van der Waals surface area contributed by atoms with Gasteiger partial charge < -0.3 is 5.11 Å². The van der Waals surface area contributed by atoms with Gasteiger partial charge in [0, 0.05) is 6.92 Å². The highest BCUT2D eigenvalue weighted by molar-refractivity contribution is 7.89. The lowest BCUT2D eigenvalue weighted by Crippen LogP contribution is -2.58. The Balaban J connectivity index is 2.74. The van der Waals surface area contributed by atoms with Gasteiger partial charge in [0.25, 0.3) is 0 Å². The Labute approximate surface area is 109 Å². The van der Waals surface area contributed by atoms with Gasteiger partial charge in [-0.1, -0.05) is 6.07 Å². The van der Waals surface area contributed by atoms with Crippen molar-refractivity contribution in [1.82, 2.24) is 4.72 Å². The third-order valence-electron chi connectivity index (χ3n) is 2.76. The molecule has 1 atom stereocenters. The van der Waals surface area contributed by atoms with Crippen molar-refractivity contribution < 1.29 is 23.1 Å². The molecule has 1 aliphatic rings. The van der Waals surface area contributed by atoms with Crippen LogP contribution in [0.2, 0.25) is 0 Å². The van der Waals surface area contributed by atoms with Gasteiger partial charge >= 0.3 is 5.97 Å². The second-order valence-corrected chi connectivity index (χ2v) is 5.90. The first-order valence-electron chi connectivity index (χ1n) is 5.39. The highest BCUT2D eigenvalue weighted by Crippen LogP contribution is 2.32. The van der Waals surface area contributed by atoms with Gasteiger partial charge in [0.2, 0.25) is 15.9 Å². The molecule has 0 saturated carbocycles. The van der Waals surface area contributed by atoms with Crippen LogP contribution in [-0.4, -0.2) is 31.6 Å². The van der Waals surface area contributed by atoms with E-state index in [0.29, 0.717) is 0 Å². The number of sulfonamides is 1. The number of carboxylic acids is 1. The number of aliphatic carboxylic acids is 1. The van der Waals surface area contributed by atoms with Gasteiger partial charge in [-0.3, -0.25) is 9.69 Å². The van der Waals surface area contributed by atoms with E-state index in [2.05, 4.69) is 0 Å². The number of nitrogens with zero attached hydrogens (tertiary/aromatic N) is 1. The number of nitrogens with one attached hydrogen (secondary N) is 1. The molecule has 2 rings (SSSR count). The summed E-state index contributed by atoms with van der Waals surface area (Å²) in [6.45, 7) is 2.91. The van der Waals surface area contributed by atoms with Crippen LogP contribution in [-0.2, 0) is 19.6 Å². The van der Waals surface area contributed by atoms with Crippen LogP contribution < -0.4 is 9.62 Å². The van der Waals surface area contributed by atoms with Crippen molar-refractivity contribution in [3.05, 3.63) is 23.8 Å². The highest BCUT2D eigenvalue weighted by Gasteiger charge is 2.41. The minimum atomic E-state index is -3.94. The standard InChI is InChI=1S/C11H12N2O5S/c1-6-3-4-9-8(5-6)13(7(2)14)10(11(15)16)12-19(9,17)18/h3-5,10,12H,1-2H3,(H,15,16). The summed E-state index contributed by atoms with van der Waals surface area (Å²) in [5.41, 5.74) is 0.810. The van der Waals surface area contributed by atoms with E-state index in [9.17, 15) is 18.0 Å². The topological polar surface area (TPSA) is 104 Å². The quantitative estimate of drug-likeness (QED) is 0.758. The van der Waals surface area contributed by atoms with Crippen molar-refractivity contribution in [1.29, 1.82) is 0 Å². The fourth-order valence-corrected chi connectivity index (χ4v) is 3.26. The van der Waals surface area contributed by atoms with E-state index in [1.165, 1.54) is 19.1 Å². The third kappa shape index (κ3) is 2.20. The molecular weight excluding hydrogens is 272 g/mol. The molecule has 1 amide bonds. The number of rotatable bonds is 1. The number of carboxylic acid groups (broad SMARTS) is 1. The maximum atomic E-state index is 12.0. The number of carbonyl (C=O) groups excluding carboxylic acids is 1. The molecule has 0 fully saturated rings. The Morgan fingerprint density at radius 2 is 2.00 bits per heavy atom. The van der Waals surface area contributed by atoms with Gasteiger partial charge in [-0.25, -0.2) is 13.2 Å². The van der Waals surface area contributed by atoms with Gasteiger partial charge in [0.1, 0.15) is 4.90 Å². The molecule has 0 radical (unpaired) electrons. The number of anilines is 1. The van der Waals surface area contributed by atoms with E-state index >= 15 is 0 Å². The molecule has 2 N–H and O–H groups in total. The van der Waals surface area contributed by atoms with E-state index in [0.717, 1.165) is 10.5 Å². The van der Waals surface area contributed by atoms with E-state index in [4.69, 9.17) is 5.11 Å². The SMILES string of the molecule is CC(=O)N1c2cc(C)ccc2S(=O)(=O)NC1C(=O)O. The Bertz CT molecular complexity index is 668. The first kappa shape index (κ1) is 13.5. The fraction of sp³-hybridized carbons (Fsp3) is 0.273. The summed E-state index contributed by atoms with van der Waals surface area (Å²) < 4.78 is 25.9. The average Bonchev–Trinajstić information content (AvgIpc) is 2.26. The zero-order chi connectivity index (χ0) is 14.4. The molecule has 1 aromatic rings. The number of aryl methyl sites for hydroxylation is 1. The molecule has 0 spiro atoms. The largest absolute Gasteiger partial charge is 0.479 e. The van der Waals surface area contributed by atoms with Gasteiger partial charge in [0.15, 0.2) is 6.17 Å². The van der Waals surface area contributed by atoms with Crippen LogP contribution in [0.15, 0.2) is 23.1 Å². The molecule has 0 saturated heterocycles. The highest BCUT2D eigenvalue weighted by atomic mass is 32.2. The maximum absolute atomic E-state index is 12.0. The third-order valence-corrected chi connectivity index (χ3v) is 4.22. The summed E-state index contributed by atoms with van der Waals surface area (Å²) in [7, 11) is -3.94. The lowest BCUT2D eigenvalue weighted by molar-refractivity contribution is -0.140. The van der Waals surface area contributed by atoms with Gasteiger partial charge in [-0.05, 0) is 24.6 Å². The number of fused-ring (bicyclic) bond motifs is 1. The molecule has 7 nitrogen and oxygen atoms in total. The molecule has 1 heterocycles. The molecule has 102 valence electrons. The van der Waals surface area contributed by atoms with Crippen LogP contribution in [0.1, 0.15) is 12.5 Å². The van der Waals surface area contributed by atoms with Crippen LogP contribution in [0.3, 0.4) is 0 Å². The van der Waals surface area contributed by atoms with Crippen LogP contribution in [0.25, 0.3) is 0 Å². The van der Waals surface area contributed by atoms with Crippen molar-refractivity contribution in [2.75, 3.05) is 4.90 Å². The first-order valence-corrected chi connectivity index (χ1v) is 6.88. The number of carbonyl (C=O) groups is 2. The summed E-state index contributed by atoms with van der Waals surface area (Å²) >= 11 is 0. The van der Waals surface area contributed by atoms with Gasteiger partial charge in [-0.15, -0.1) is 0 Å². The molecule has 0 aromatic heterocycles. The minimum Gasteiger partial charge on any atom is -0.479 e. The van der Waals surface area contributed by atoms with Crippen molar-refractivity contribution in [3.63, 3.8) is 0 Å². The number of benzene rings is 1. The normalized spacial score (nSPS) is 20.7. The van der Waals surface area contributed by atoms with Crippen LogP contribution in [0.4, 0.5) is 5.69 Å². The predicted octanol–water partition coefficient (Wildman–Crippen LogP) is 0.0505. The van der Waals surface area contributed by atoms with Crippen LogP contribution >= 0.6 is 0 Å². The van der Waals surface area contributed by atoms with Crippen LogP contribution in [0.5, 0.6) is 0 Å². The number of hydrogen-bond acceptors (Lipinski definition) is 4. The molecule has 19 heavy (non-hydrogen) atoms. The lowest BCUT2D eigenvalue weighted by atomic mass is 10.2. The minimum absolute atomic E-state index is 0.0821. The number of amides is 1. The molecule has 0 aliphatic carbocycles. The first-order chi connectivity index (χ1) is 8.74. The summed E-state index contributed by atoms with van der Waals surface area (Å²) in [6, 6.07) is 4.41. The van der Waals surface area contributed by atoms with E-state index in [-0.39, 0.29) is 10.6 Å². The second-order valence-electron chi connectivity index (χ2n) is 4.22. The fourth-order valence-electron chi connectivity index (χ4n) is 1.96. The zero-order valence-electron chi connectivity index (χ0n) is 10.2. The van der Waals surface area contributed by atoms with Crippen molar-refractivity contribution in [3.8, 4) is 0 Å². The van der Waals surface area contributed by atoms with E-state index in [1.807, 2.05) is 4.72 Å². The molecule has 0 bridgehead atoms. The average molecular weight is 284 g/mol. The van der Waals surface area contributed by atoms with Crippen molar-refractivity contribution >= 4 is 27.6 Å². The molecule has 8 heteroatoms. The Kier molecular flexibility index (Phi) is 3.07. The summed E-state index contributed by atoms with van der Waals surface area (Å²) in [6.07, 6.45) is -1.63. The smallest absolute Gasteiger partial charge is 0.343 e. The zero-order valence-corrected chi connectivity index (χ0v) is 11.1. The summed E-state index contributed by atoms with van der Waals surface area (Å²) in [5, 5.41) is 9.06. The molecular formula is C11H12N2O5S. The summed E-state index contributed by atoms with van der Waals surface area (Å²) in [5.74, 6) is -1.99. The van der Waals surface area contributed by atoms with Crippen LogP contribution in [0, 0.1) is 6.92 Å². The summed E-state index contributed by atoms with van der Waals surface area (Å²) in [4.78, 5) is 23.6. The monoisotopic (exact) mass is 284 g/mol. The van der Waals surface area contributed by atoms with Gasteiger partial charge in [0.05, 0.1) is 5.69 Å². The Morgan fingerprint density at radius 3 is 2.53 bits per heavy atom. The van der Waals surface area contributed by atoms with Crippen molar-refractivity contribution in [2.45, 2.75) is 24.9 Å². The Morgan fingerprint density at radius 1 is 1.37 bits per heavy atom. The molecule has 1 aromatic carbocycles. The predicted molar refractivity (Wildman–Crippen MR) is 66.1 cm³/mol. The van der Waals surface area contributed by atoms with E-state index in [1.54, 1.807) is 13.0 Å². The second kappa shape index (κ2) is 4.32. The molecule has 1 unspecified atom stereocenters. The van der Waals surface area contributed by atoms with Crippen molar-refractivity contribution in [2.24, 2.45) is 0 Å². The number of hydrogen-bond donors (Lipinski definition) is 2. The Hall–Kier alpha value is -1.93. The maximum Gasteiger partial charge on any atom is 0.343 e. The lowest BCUT2D eigenvalue weighted by Gasteiger charge is -2.34.